The van der Waals surface area contributed by atoms with Gasteiger partial charge < -0.3 is 14.2 Å². The molecule has 0 aromatic rings. The molecule has 0 aromatic heterocycles. The third-order valence-electron chi connectivity index (χ3n) is 11.6. The molecule has 0 aliphatic carbocycles. The second kappa shape index (κ2) is 51.0. The minimum Gasteiger partial charge on any atom is -0.462 e. The van der Waals surface area contributed by atoms with Crippen molar-refractivity contribution in [2.24, 2.45) is 0 Å². The summed E-state index contributed by atoms with van der Waals surface area (Å²) >= 11 is 0. The lowest BCUT2D eigenvalue weighted by Crippen LogP contribution is -2.30. The highest BCUT2D eigenvalue weighted by Gasteiger charge is 2.19. The van der Waals surface area contributed by atoms with E-state index in [-0.39, 0.29) is 31.1 Å². The highest BCUT2D eigenvalue weighted by atomic mass is 16.6. The molecule has 0 aliphatic rings. The summed E-state index contributed by atoms with van der Waals surface area (Å²) in [7, 11) is 0. The number of hydrogen-bond donors (Lipinski definition) is 0. The van der Waals surface area contributed by atoms with Gasteiger partial charge in [0.25, 0.3) is 0 Å². The molecular formula is C56H100O6. The summed E-state index contributed by atoms with van der Waals surface area (Å²) in [5.74, 6) is -0.912. The summed E-state index contributed by atoms with van der Waals surface area (Å²) < 4.78 is 16.7. The van der Waals surface area contributed by atoms with E-state index in [1.807, 2.05) is 0 Å². The minimum absolute atomic E-state index is 0.0835. The molecule has 0 fully saturated rings. The molecule has 6 nitrogen and oxygen atoms in total. The van der Waals surface area contributed by atoms with Crippen molar-refractivity contribution in [2.75, 3.05) is 13.2 Å². The second-order valence-electron chi connectivity index (χ2n) is 17.8. The van der Waals surface area contributed by atoms with E-state index in [1.165, 1.54) is 148 Å². The van der Waals surface area contributed by atoms with E-state index in [2.05, 4.69) is 69.4 Å². The summed E-state index contributed by atoms with van der Waals surface area (Å²) in [4.78, 5) is 37.8. The molecule has 0 saturated heterocycles. The zero-order valence-electron chi connectivity index (χ0n) is 41.1. The maximum Gasteiger partial charge on any atom is 0.306 e. The molecule has 0 amide bonds. The number of hydrogen-bond acceptors (Lipinski definition) is 6. The van der Waals surface area contributed by atoms with Gasteiger partial charge in [0.15, 0.2) is 6.10 Å². The molecule has 0 aromatic carbocycles. The van der Waals surface area contributed by atoms with Gasteiger partial charge in [-0.05, 0) is 77.0 Å². The van der Waals surface area contributed by atoms with E-state index < -0.39 is 6.10 Å². The van der Waals surface area contributed by atoms with Crippen LogP contribution in [0.3, 0.4) is 0 Å². The standard InChI is InChI=1S/C56H100O6/c1-4-7-10-13-16-19-21-23-24-25-26-27-28-29-30-31-32-34-35-37-40-43-46-49-55(58)61-52-53(51-60-54(57)48-45-42-39-18-15-12-9-6-3)62-56(59)50-47-44-41-38-36-33-22-20-17-14-11-8-5-2/h8,11,17,20,25-26,33,36,53H,4-7,9-10,12-16,18-19,21-24,27-32,34-35,37-52H2,1-3H3/b11-8-,20-17-,26-25-,36-33-. The Kier molecular flexibility index (Phi) is 48.8. The van der Waals surface area contributed by atoms with Crippen molar-refractivity contribution in [2.45, 2.75) is 277 Å². The summed E-state index contributed by atoms with van der Waals surface area (Å²) in [5.41, 5.74) is 0. The van der Waals surface area contributed by atoms with Gasteiger partial charge in [-0.1, -0.05) is 223 Å². The molecule has 0 bridgehead atoms. The van der Waals surface area contributed by atoms with Crippen LogP contribution in [0.4, 0.5) is 0 Å². The lowest BCUT2D eigenvalue weighted by Gasteiger charge is -2.18. The van der Waals surface area contributed by atoms with Crippen molar-refractivity contribution < 1.29 is 28.6 Å². The zero-order chi connectivity index (χ0) is 45.1. The van der Waals surface area contributed by atoms with Crippen LogP contribution < -0.4 is 0 Å². The number of unbranched alkanes of at least 4 members (excludes halogenated alkanes) is 29. The Morgan fingerprint density at radius 2 is 0.629 bits per heavy atom. The van der Waals surface area contributed by atoms with Gasteiger partial charge in [0.05, 0.1) is 0 Å². The molecule has 0 heterocycles. The molecule has 1 atom stereocenters. The zero-order valence-corrected chi connectivity index (χ0v) is 41.1. The van der Waals surface area contributed by atoms with Gasteiger partial charge in [0, 0.05) is 19.3 Å². The SMILES string of the molecule is CC/C=C\C/C=C\C/C=C\CCCCCC(=O)OC(COC(=O)CCCCCCCCCC)COC(=O)CCCCCCCCCCCCC/C=C\CCCCCCCCCC. The molecular weight excluding hydrogens is 769 g/mol. The van der Waals surface area contributed by atoms with Crippen LogP contribution >= 0.6 is 0 Å². The van der Waals surface area contributed by atoms with Crippen LogP contribution in [0.15, 0.2) is 48.6 Å². The maximum atomic E-state index is 12.7. The van der Waals surface area contributed by atoms with E-state index in [4.69, 9.17) is 14.2 Å². The molecule has 0 N–H and O–H groups in total. The molecule has 0 aliphatic heterocycles. The van der Waals surface area contributed by atoms with Crippen LogP contribution in [-0.4, -0.2) is 37.2 Å². The smallest absolute Gasteiger partial charge is 0.306 e. The van der Waals surface area contributed by atoms with E-state index in [0.717, 1.165) is 83.5 Å². The predicted octanol–water partition coefficient (Wildman–Crippen LogP) is 17.5. The number of carbonyl (C=O) groups excluding carboxylic acids is 3. The third kappa shape index (κ3) is 48.4. The average molecular weight is 869 g/mol. The summed E-state index contributed by atoms with van der Waals surface area (Å²) in [6.45, 7) is 6.48. The fourth-order valence-corrected chi connectivity index (χ4v) is 7.57. The van der Waals surface area contributed by atoms with Crippen molar-refractivity contribution in [1.29, 1.82) is 0 Å². The van der Waals surface area contributed by atoms with Gasteiger partial charge in [-0.25, -0.2) is 0 Å². The van der Waals surface area contributed by atoms with Crippen LogP contribution in [0.25, 0.3) is 0 Å². The van der Waals surface area contributed by atoms with Crippen LogP contribution in [0.5, 0.6) is 0 Å². The van der Waals surface area contributed by atoms with Crippen molar-refractivity contribution in [3.8, 4) is 0 Å². The summed E-state index contributed by atoms with van der Waals surface area (Å²) in [6, 6.07) is 0. The Labute approximate surface area is 384 Å². The summed E-state index contributed by atoms with van der Waals surface area (Å²) in [5, 5.41) is 0. The van der Waals surface area contributed by atoms with Gasteiger partial charge in [0.2, 0.25) is 0 Å². The van der Waals surface area contributed by atoms with Crippen molar-refractivity contribution in [1.82, 2.24) is 0 Å². The molecule has 360 valence electrons. The molecule has 1 unspecified atom stereocenters. The Hall–Kier alpha value is -2.63. The van der Waals surface area contributed by atoms with E-state index in [1.54, 1.807) is 0 Å². The van der Waals surface area contributed by atoms with Gasteiger partial charge in [0.1, 0.15) is 13.2 Å². The predicted molar refractivity (Wildman–Crippen MR) is 265 cm³/mol. The first-order chi connectivity index (χ1) is 30.5. The van der Waals surface area contributed by atoms with Gasteiger partial charge in [-0.2, -0.15) is 0 Å². The fraction of sp³-hybridized carbons (Fsp3) is 0.804. The molecule has 62 heavy (non-hydrogen) atoms. The molecule has 0 radical (unpaired) electrons. The van der Waals surface area contributed by atoms with Crippen molar-refractivity contribution >= 4 is 17.9 Å². The fourth-order valence-electron chi connectivity index (χ4n) is 7.57. The molecule has 0 spiro atoms. The largest absolute Gasteiger partial charge is 0.462 e. The molecule has 0 rings (SSSR count). The summed E-state index contributed by atoms with van der Waals surface area (Å²) in [6.07, 6.45) is 61.2. The van der Waals surface area contributed by atoms with E-state index in [9.17, 15) is 14.4 Å². The van der Waals surface area contributed by atoms with Gasteiger partial charge in [-0.15, -0.1) is 0 Å². The van der Waals surface area contributed by atoms with Crippen LogP contribution in [0, 0.1) is 0 Å². The topological polar surface area (TPSA) is 78.9 Å². The number of ether oxygens (including phenoxy) is 3. The van der Waals surface area contributed by atoms with Crippen LogP contribution in [0.1, 0.15) is 271 Å². The van der Waals surface area contributed by atoms with Crippen LogP contribution in [-0.2, 0) is 28.6 Å². The normalized spacial score (nSPS) is 12.4. The number of esters is 3. The monoisotopic (exact) mass is 869 g/mol. The van der Waals surface area contributed by atoms with Crippen molar-refractivity contribution in [3.05, 3.63) is 48.6 Å². The number of rotatable bonds is 48. The first-order valence-electron chi connectivity index (χ1n) is 26.6. The first kappa shape index (κ1) is 59.4. The van der Waals surface area contributed by atoms with E-state index in [0.29, 0.717) is 19.3 Å². The third-order valence-corrected chi connectivity index (χ3v) is 11.6. The Bertz CT molecular complexity index is 1090. The minimum atomic E-state index is -0.784. The van der Waals surface area contributed by atoms with Gasteiger partial charge in [-0.3, -0.25) is 14.4 Å². The van der Waals surface area contributed by atoms with E-state index >= 15 is 0 Å². The van der Waals surface area contributed by atoms with Crippen molar-refractivity contribution in [3.63, 3.8) is 0 Å². The molecule has 0 saturated carbocycles. The number of carbonyl (C=O) groups is 3. The van der Waals surface area contributed by atoms with Gasteiger partial charge >= 0.3 is 17.9 Å². The quantitative estimate of drug-likeness (QED) is 0.0262. The van der Waals surface area contributed by atoms with Crippen LogP contribution in [0.2, 0.25) is 0 Å². The second-order valence-corrected chi connectivity index (χ2v) is 17.8. The average Bonchev–Trinajstić information content (AvgIpc) is 3.27. The maximum absolute atomic E-state index is 12.7. The molecule has 6 heteroatoms. The lowest BCUT2D eigenvalue weighted by molar-refractivity contribution is -0.167. The Balaban J connectivity index is 4.20. The highest BCUT2D eigenvalue weighted by Crippen LogP contribution is 2.15. The lowest BCUT2D eigenvalue weighted by atomic mass is 10.0. The highest BCUT2D eigenvalue weighted by molar-refractivity contribution is 5.71. The first-order valence-corrected chi connectivity index (χ1v) is 26.6. The Morgan fingerprint density at radius 1 is 0.339 bits per heavy atom. The number of allylic oxidation sites excluding steroid dienone is 8. The Morgan fingerprint density at radius 3 is 1.02 bits per heavy atom.